The first-order valence-electron chi connectivity index (χ1n) is 10.8. The van der Waals surface area contributed by atoms with Gasteiger partial charge in [-0.1, -0.05) is 24.3 Å². The Labute approximate surface area is 187 Å². The molecule has 0 saturated heterocycles. The fourth-order valence-corrected chi connectivity index (χ4v) is 3.57. The minimum Gasteiger partial charge on any atom is -0.490 e. The first-order chi connectivity index (χ1) is 15.7. The van der Waals surface area contributed by atoms with Gasteiger partial charge in [-0.3, -0.25) is 9.78 Å². The minimum atomic E-state index is -0.123. The number of fused-ring (bicyclic) bond motifs is 1. The van der Waals surface area contributed by atoms with E-state index < -0.39 is 0 Å². The van der Waals surface area contributed by atoms with E-state index in [2.05, 4.69) is 39.3 Å². The van der Waals surface area contributed by atoms with Crippen LogP contribution in [0.5, 0.6) is 11.5 Å². The normalized spacial score (nSPS) is 10.8. The van der Waals surface area contributed by atoms with Gasteiger partial charge in [-0.05, 0) is 55.1 Å². The van der Waals surface area contributed by atoms with Gasteiger partial charge in [-0.15, -0.1) is 0 Å². The molecule has 6 heteroatoms. The van der Waals surface area contributed by atoms with Gasteiger partial charge in [0.2, 0.25) is 0 Å². The van der Waals surface area contributed by atoms with Gasteiger partial charge in [-0.2, -0.15) is 0 Å². The lowest BCUT2D eigenvalue weighted by Crippen LogP contribution is -2.25. The number of benzene rings is 2. The maximum atomic E-state index is 12.6. The summed E-state index contributed by atoms with van der Waals surface area (Å²) in [7, 11) is 0. The molecule has 4 rings (SSSR count). The summed E-state index contributed by atoms with van der Waals surface area (Å²) in [6.07, 6.45) is 6.42. The largest absolute Gasteiger partial charge is 0.490 e. The summed E-state index contributed by atoms with van der Waals surface area (Å²) in [5.41, 5.74) is 2.72. The number of carbonyl (C=O) groups excluding carboxylic acids is 1. The molecule has 164 valence electrons. The van der Waals surface area contributed by atoms with Gasteiger partial charge in [0.05, 0.1) is 6.61 Å². The molecule has 0 spiro atoms. The van der Waals surface area contributed by atoms with Crippen LogP contribution in [0.1, 0.15) is 29.3 Å². The summed E-state index contributed by atoms with van der Waals surface area (Å²) in [6, 6.07) is 19.5. The highest BCUT2D eigenvalue weighted by atomic mass is 16.5. The zero-order valence-electron chi connectivity index (χ0n) is 18.2. The van der Waals surface area contributed by atoms with E-state index in [0.717, 1.165) is 18.5 Å². The average molecular weight is 430 g/mol. The van der Waals surface area contributed by atoms with Crippen LogP contribution in [0.2, 0.25) is 0 Å². The predicted octanol–water partition coefficient (Wildman–Crippen LogP) is 4.83. The minimum absolute atomic E-state index is 0.123. The van der Waals surface area contributed by atoms with E-state index in [4.69, 9.17) is 9.47 Å². The van der Waals surface area contributed by atoms with Crippen LogP contribution in [-0.2, 0) is 13.2 Å². The molecule has 2 heterocycles. The number of hydrogen-bond donors (Lipinski definition) is 1. The predicted molar refractivity (Wildman–Crippen MR) is 125 cm³/mol. The van der Waals surface area contributed by atoms with Gasteiger partial charge in [0.1, 0.15) is 6.61 Å². The van der Waals surface area contributed by atoms with Crippen molar-refractivity contribution in [2.24, 2.45) is 0 Å². The molecule has 2 aromatic heterocycles. The molecule has 0 atom stereocenters. The third-order valence-electron chi connectivity index (χ3n) is 5.16. The Kier molecular flexibility index (Phi) is 7.02. The smallest absolute Gasteiger partial charge is 0.251 e. The molecule has 0 unspecified atom stereocenters. The molecule has 0 aliphatic heterocycles. The molecular formula is C26H27N3O3. The molecule has 0 aliphatic carbocycles. The molecule has 0 bridgehead atoms. The molecule has 4 aromatic rings. The number of aryl methyl sites for hydroxylation is 1. The van der Waals surface area contributed by atoms with E-state index >= 15 is 0 Å². The van der Waals surface area contributed by atoms with Gasteiger partial charge in [-0.25, -0.2) is 0 Å². The van der Waals surface area contributed by atoms with Crippen molar-refractivity contribution in [2.45, 2.75) is 26.5 Å². The summed E-state index contributed by atoms with van der Waals surface area (Å²) in [6.45, 7) is 4.21. The van der Waals surface area contributed by atoms with E-state index in [1.807, 2.05) is 31.2 Å². The van der Waals surface area contributed by atoms with E-state index in [-0.39, 0.29) is 5.91 Å². The second-order valence-electron chi connectivity index (χ2n) is 7.42. The first kappa shape index (κ1) is 21.4. The molecular weight excluding hydrogens is 402 g/mol. The number of para-hydroxylation sites is 1. The van der Waals surface area contributed by atoms with E-state index in [1.54, 1.807) is 30.6 Å². The van der Waals surface area contributed by atoms with Gasteiger partial charge in [0.15, 0.2) is 11.5 Å². The number of hydrogen-bond acceptors (Lipinski definition) is 4. The highest BCUT2D eigenvalue weighted by Crippen LogP contribution is 2.29. The quantitative estimate of drug-likeness (QED) is 0.367. The molecule has 32 heavy (non-hydrogen) atoms. The van der Waals surface area contributed by atoms with Crippen molar-refractivity contribution in [3.63, 3.8) is 0 Å². The monoisotopic (exact) mass is 429 g/mol. The highest BCUT2D eigenvalue weighted by molar-refractivity contribution is 5.94. The summed E-state index contributed by atoms with van der Waals surface area (Å²) in [5.74, 6) is 1.04. The number of nitrogens with zero attached hydrogens (tertiary/aromatic N) is 2. The van der Waals surface area contributed by atoms with Crippen LogP contribution in [0.4, 0.5) is 0 Å². The van der Waals surface area contributed by atoms with Crippen molar-refractivity contribution in [3.05, 3.63) is 90.4 Å². The average Bonchev–Trinajstić information content (AvgIpc) is 3.25. The zero-order valence-corrected chi connectivity index (χ0v) is 18.2. The van der Waals surface area contributed by atoms with Crippen molar-refractivity contribution in [1.82, 2.24) is 14.9 Å². The second-order valence-corrected chi connectivity index (χ2v) is 7.42. The van der Waals surface area contributed by atoms with Gasteiger partial charge >= 0.3 is 0 Å². The lowest BCUT2D eigenvalue weighted by Gasteiger charge is -2.13. The van der Waals surface area contributed by atoms with Crippen molar-refractivity contribution in [1.29, 1.82) is 0 Å². The van der Waals surface area contributed by atoms with Crippen molar-refractivity contribution in [2.75, 3.05) is 13.2 Å². The van der Waals surface area contributed by atoms with Gasteiger partial charge in [0, 0.05) is 48.3 Å². The van der Waals surface area contributed by atoms with Crippen molar-refractivity contribution >= 4 is 16.8 Å². The fraction of sp³-hybridized carbons (Fsp3) is 0.231. The Morgan fingerprint density at radius 1 is 1.03 bits per heavy atom. The maximum absolute atomic E-state index is 12.6. The van der Waals surface area contributed by atoms with Crippen LogP contribution < -0.4 is 14.8 Å². The summed E-state index contributed by atoms with van der Waals surface area (Å²) in [4.78, 5) is 16.7. The standard InChI is InChI=1S/C26H27N3O3/c1-2-31-25-17-22(10-11-24(25)32-19-20-7-5-13-27-18-20)26(30)28-14-6-15-29-16-12-21-8-3-4-9-23(21)29/h3-5,7-13,16-18H,2,6,14-15,19H2,1H3,(H,28,30). The summed E-state index contributed by atoms with van der Waals surface area (Å²) in [5, 5.41) is 4.23. The second kappa shape index (κ2) is 10.5. The lowest BCUT2D eigenvalue weighted by molar-refractivity contribution is 0.0952. The number of carbonyl (C=O) groups is 1. The Hall–Kier alpha value is -3.80. The third kappa shape index (κ3) is 5.27. The molecule has 2 aromatic carbocycles. The number of pyridine rings is 1. The maximum Gasteiger partial charge on any atom is 0.251 e. The molecule has 1 N–H and O–H groups in total. The number of nitrogens with one attached hydrogen (secondary N) is 1. The van der Waals surface area contributed by atoms with Crippen molar-refractivity contribution < 1.29 is 14.3 Å². The van der Waals surface area contributed by atoms with E-state index in [0.29, 0.717) is 36.8 Å². The first-order valence-corrected chi connectivity index (χ1v) is 10.8. The van der Waals surface area contributed by atoms with E-state index in [1.165, 1.54) is 10.9 Å². The summed E-state index contributed by atoms with van der Waals surface area (Å²) >= 11 is 0. The number of aromatic nitrogens is 2. The van der Waals surface area contributed by atoms with Crippen molar-refractivity contribution in [3.8, 4) is 11.5 Å². The van der Waals surface area contributed by atoms with Crippen LogP contribution in [0.15, 0.2) is 79.3 Å². The van der Waals surface area contributed by atoms with Crippen LogP contribution in [-0.4, -0.2) is 28.6 Å². The topological polar surface area (TPSA) is 65.4 Å². The Balaban J connectivity index is 1.32. The Morgan fingerprint density at radius 3 is 2.78 bits per heavy atom. The number of rotatable bonds is 10. The zero-order chi connectivity index (χ0) is 22.2. The van der Waals surface area contributed by atoms with Gasteiger partial charge < -0.3 is 19.4 Å². The third-order valence-corrected chi connectivity index (χ3v) is 5.16. The fourth-order valence-electron chi connectivity index (χ4n) is 3.57. The van der Waals surface area contributed by atoms with E-state index in [9.17, 15) is 4.79 Å². The summed E-state index contributed by atoms with van der Waals surface area (Å²) < 4.78 is 13.8. The van der Waals surface area contributed by atoms with Crippen LogP contribution in [0, 0.1) is 0 Å². The van der Waals surface area contributed by atoms with Crippen LogP contribution in [0.25, 0.3) is 10.9 Å². The molecule has 0 radical (unpaired) electrons. The van der Waals surface area contributed by atoms with Crippen LogP contribution >= 0.6 is 0 Å². The molecule has 0 aliphatic rings. The van der Waals surface area contributed by atoms with Crippen LogP contribution in [0.3, 0.4) is 0 Å². The molecule has 0 fully saturated rings. The number of amides is 1. The Morgan fingerprint density at radius 2 is 1.94 bits per heavy atom. The van der Waals surface area contributed by atoms with Gasteiger partial charge in [0.25, 0.3) is 5.91 Å². The SMILES string of the molecule is CCOc1cc(C(=O)NCCCn2ccc3ccccc32)ccc1OCc1cccnc1. The molecule has 0 saturated carbocycles. The Bertz CT molecular complexity index is 1170. The number of ether oxygens (including phenoxy) is 2. The lowest BCUT2D eigenvalue weighted by atomic mass is 10.2. The molecule has 1 amide bonds. The highest BCUT2D eigenvalue weighted by Gasteiger charge is 2.12. The molecule has 6 nitrogen and oxygen atoms in total.